The third-order valence-electron chi connectivity index (χ3n) is 17.2. The highest BCUT2D eigenvalue weighted by atomic mass is 79.9. The molecule has 0 amide bonds. The van der Waals surface area contributed by atoms with Crippen LogP contribution in [0.4, 0.5) is 4.39 Å². The summed E-state index contributed by atoms with van der Waals surface area (Å²) in [5.41, 5.74) is 6.80. The maximum absolute atomic E-state index is 14.3. The molecule has 2 atom stereocenters. The number of hydrogen-bond donors (Lipinski definition) is 0. The van der Waals surface area contributed by atoms with Gasteiger partial charge in [0, 0.05) is 17.8 Å². The van der Waals surface area contributed by atoms with Crippen LogP contribution >= 0.6 is 91.4 Å². The molecule has 0 aromatic heterocycles. The molecule has 0 bridgehead atoms. The predicted molar refractivity (Wildman–Crippen MR) is 577 cm³/mol. The van der Waals surface area contributed by atoms with E-state index in [2.05, 4.69) is 15.9 Å². The van der Waals surface area contributed by atoms with Crippen molar-refractivity contribution in [3.8, 4) is 23.0 Å². The number of ether oxygens (including phenoxy) is 4. The standard InChI is InChI=1S/C22H38O7P2.C21H35FO7P2.C20H33BrO6P2.C18H30O6P2.C17H28O6P2/c1-15(2)26-30(23,27-16(3)4)22(31(24,28-17(5)6)29-18(7)8)14-20-11-19(9)12-21(13-20)25-10;1-14(2)26-30(23,27-15(3)4)21(31(24,28-16(5)6)29-17(7)8)13-18-10-11-20(25-9)19(22)12-18;1-14(2)24-28(22,25-15(3)4)20(13-18-10-9-11-19(21)12-18)29(23,26-16(5)6)27-17(7)8;1-8-22-25(7,19)18(26(20,23-9-2)24-10-3)13-16-12-17(21-6)11-14(4)15(16)5;1-7-21-24(6,18)17(25(19,22-8-2)23-9-3)13-15-10-14(4)11-16(12-15)20-5/h11-18H,1-10H3;10-17H,1-9H3;9-17H,1-8H3;11-13H,8-10H2,1-7H3;10-13H,7-9H2,1-6H3/b;;;18-13+;17-13+. The molecule has 5 aromatic carbocycles. The minimum absolute atomic E-state index is 0.0405. The van der Waals surface area contributed by atoms with Gasteiger partial charge in [-0.25, -0.2) is 4.39 Å². The molecule has 0 saturated carbocycles. The Morgan fingerprint density at radius 3 is 0.789 bits per heavy atom. The zero-order valence-corrected chi connectivity index (χ0v) is 102. The molecule has 32 nitrogen and oxygen atoms in total. The van der Waals surface area contributed by atoms with Crippen molar-refractivity contribution in [1.82, 2.24) is 0 Å². The molecule has 5 aromatic rings. The fourth-order valence-corrected chi connectivity index (χ4v) is 37.8. The van der Waals surface area contributed by atoms with Crippen molar-refractivity contribution in [2.45, 2.75) is 309 Å². The first kappa shape index (κ1) is 136. The van der Waals surface area contributed by atoms with Crippen molar-refractivity contribution < 1.29 is 150 Å². The van der Waals surface area contributed by atoms with Crippen LogP contribution in [0.5, 0.6) is 23.0 Å². The third kappa shape index (κ3) is 46.4. The Kier molecular flexibility index (Phi) is 60.7. The smallest absolute Gasteiger partial charge is 0.370 e. The van der Waals surface area contributed by atoms with Crippen LogP contribution in [0, 0.1) is 33.5 Å². The Labute approximate surface area is 856 Å². The molecule has 0 N–H and O–H groups in total. The third-order valence-corrected chi connectivity index (χ3v) is 45.5. The van der Waals surface area contributed by atoms with Crippen molar-refractivity contribution in [2.75, 3.05) is 81.4 Å². The molecular formula is C98H164BrFO32P10. The summed E-state index contributed by atoms with van der Waals surface area (Å²) in [6.07, 6.45) is 1.89. The van der Waals surface area contributed by atoms with Gasteiger partial charge in [-0.05, 0) is 377 Å². The molecule has 0 radical (unpaired) electrons. The average molecular weight is 2260 g/mol. The van der Waals surface area contributed by atoms with Gasteiger partial charge in [0.1, 0.15) is 27.4 Å². The van der Waals surface area contributed by atoms with Gasteiger partial charge in [-0.3, -0.25) is 45.7 Å². The molecule has 142 heavy (non-hydrogen) atoms. The molecule has 0 spiro atoms. The lowest BCUT2D eigenvalue weighted by atomic mass is 10.0. The normalized spacial score (nSPS) is 13.6. The Hall–Kier alpha value is -4.01. The van der Waals surface area contributed by atoms with E-state index >= 15 is 0 Å². The number of aryl methyl sites for hydroxylation is 3. The predicted octanol–water partition coefficient (Wildman–Crippen LogP) is 33.8. The van der Waals surface area contributed by atoms with Gasteiger partial charge < -0.3 is 100 Å². The molecule has 0 heterocycles. The first-order valence-corrected chi connectivity index (χ1v) is 64.6. The highest BCUT2D eigenvalue weighted by Gasteiger charge is 2.52. The van der Waals surface area contributed by atoms with Gasteiger partial charge in [0.25, 0.3) is 0 Å². The molecule has 0 fully saturated rings. The van der Waals surface area contributed by atoms with Crippen molar-refractivity contribution in [3.05, 3.63) is 177 Å². The van der Waals surface area contributed by atoms with E-state index in [1.54, 1.807) is 265 Å². The van der Waals surface area contributed by atoms with E-state index in [0.717, 1.165) is 32.3 Å². The van der Waals surface area contributed by atoms with Gasteiger partial charge >= 0.3 is 60.8 Å². The van der Waals surface area contributed by atoms with Gasteiger partial charge in [0.05, 0.1) is 141 Å². The van der Waals surface area contributed by atoms with E-state index in [9.17, 15) is 50.0 Å². The second-order valence-corrected chi connectivity index (χ2v) is 58.1. The number of benzene rings is 5. The Bertz CT molecular complexity index is 5220. The molecular weight excluding hydrogens is 2100 g/mol. The van der Waals surface area contributed by atoms with E-state index in [0.29, 0.717) is 33.9 Å². The lowest BCUT2D eigenvalue weighted by molar-refractivity contribution is 0.135. The van der Waals surface area contributed by atoms with Crippen LogP contribution in [-0.4, -0.2) is 155 Å². The highest BCUT2D eigenvalue weighted by molar-refractivity contribution is 9.10. The summed E-state index contributed by atoms with van der Waals surface area (Å²) in [5.74, 6) is 1.32. The monoisotopic (exact) mass is 2260 g/mol. The van der Waals surface area contributed by atoms with E-state index in [-0.39, 0.29) is 76.2 Å². The molecule has 44 heteroatoms. The summed E-state index contributed by atoms with van der Waals surface area (Å²) < 4.78 is 275. The SMILES string of the molecule is CC(C)OP(=O)(OC(C)C)C(=Cc1cccc(Br)c1)P(=O)(OC(C)C)OC(C)C.CCOP(C)(=O)/C(=C\c1cc(C)cc(OC)c1)P(=O)(OCC)OCC.CCOP(C)(=O)/C(=C\c1cc(OC)cc(C)c1C)P(=O)(OCC)OCC.COc1cc(C)cc(C=C(P(=O)(OC(C)C)OC(C)C)P(=O)(OC(C)C)OC(C)C)c1.COc1ccc(C=C(P(=O)(OC(C)C)OC(C)C)P(=O)(OC(C)C)OC(C)C)cc1F. The minimum Gasteiger partial charge on any atom is -0.497 e. The number of methoxy groups -OCH3 is 4. The largest absolute Gasteiger partial charge is 0.497 e. The Morgan fingerprint density at radius 2 is 0.542 bits per heavy atom. The van der Waals surface area contributed by atoms with Gasteiger partial charge in [0.15, 0.2) is 26.7 Å². The fraction of sp³-hybridized carbons (Fsp3) is 0.592. The molecule has 812 valence electrons. The lowest BCUT2D eigenvalue weighted by Gasteiger charge is -2.30. The van der Waals surface area contributed by atoms with Crippen LogP contribution in [-0.2, 0) is 127 Å². The van der Waals surface area contributed by atoms with Gasteiger partial charge in [-0.1, -0.05) is 46.3 Å². The molecule has 2 unspecified atom stereocenters. The fourth-order valence-electron chi connectivity index (χ4n) is 12.7. The van der Waals surface area contributed by atoms with Gasteiger partial charge in [-0.15, -0.1) is 0 Å². The topological polar surface area (TPSA) is 374 Å². The first-order chi connectivity index (χ1) is 65.6. The molecule has 0 aliphatic heterocycles. The van der Waals surface area contributed by atoms with Gasteiger partial charge in [0.2, 0.25) is 14.7 Å². The number of hydrogen-bond acceptors (Lipinski definition) is 32. The van der Waals surface area contributed by atoms with E-state index < -0.39 is 155 Å². The van der Waals surface area contributed by atoms with Crippen LogP contribution in [0.3, 0.4) is 0 Å². The van der Waals surface area contributed by atoms with Crippen molar-refractivity contribution in [2.24, 2.45) is 0 Å². The minimum atomic E-state index is -4.18. The molecule has 0 aliphatic carbocycles. The molecule has 0 saturated heterocycles. The van der Waals surface area contributed by atoms with Crippen molar-refractivity contribution in [1.29, 1.82) is 0 Å². The number of halogens is 2. The van der Waals surface area contributed by atoms with Crippen LogP contribution < -0.4 is 18.9 Å². The van der Waals surface area contributed by atoms with E-state index in [1.165, 1.54) is 56.9 Å². The average Bonchev–Trinajstić information content (AvgIpc) is 0.781. The molecule has 0 aliphatic rings. The number of rotatable bonds is 55. The van der Waals surface area contributed by atoms with E-state index in [4.69, 9.17) is 100 Å². The maximum atomic E-state index is 14.3. The zero-order chi connectivity index (χ0) is 109. The summed E-state index contributed by atoms with van der Waals surface area (Å²) >= 11 is 3.42. The van der Waals surface area contributed by atoms with E-state index in [1.807, 2.05) is 76.2 Å². The second-order valence-electron chi connectivity index (χ2n) is 35.2. The molecule has 5 rings (SSSR count). The summed E-state index contributed by atoms with van der Waals surface area (Å²) in [7, 11) is -32.8. The maximum Gasteiger partial charge on any atom is 0.370 e. The lowest BCUT2D eigenvalue weighted by Crippen LogP contribution is -2.14. The summed E-state index contributed by atoms with van der Waals surface area (Å²) in [6.45, 7) is 63.3. The summed E-state index contributed by atoms with van der Waals surface area (Å²) in [5, 5.41) is -0.399. The Morgan fingerprint density at radius 1 is 0.289 bits per heavy atom. The van der Waals surface area contributed by atoms with Crippen molar-refractivity contribution in [3.63, 3.8) is 0 Å². The second kappa shape index (κ2) is 63.3. The van der Waals surface area contributed by atoms with Crippen LogP contribution in [0.2, 0.25) is 0 Å². The highest BCUT2D eigenvalue weighted by Crippen LogP contribution is 2.80. The Balaban J connectivity index is 0.000000890. The van der Waals surface area contributed by atoms with Crippen LogP contribution in [0.1, 0.15) is 258 Å². The van der Waals surface area contributed by atoms with Gasteiger partial charge in [-0.2, -0.15) is 0 Å². The first-order valence-electron chi connectivity index (χ1n) is 47.3. The van der Waals surface area contributed by atoms with Crippen LogP contribution in [0.25, 0.3) is 30.4 Å². The quantitative estimate of drug-likeness (QED) is 0.0326. The summed E-state index contributed by atoms with van der Waals surface area (Å²) in [6, 6.07) is 26.1. The van der Waals surface area contributed by atoms with Crippen LogP contribution in [0.15, 0.2) is 121 Å². The summed E-state index contributed by atoms with van der Waals surface area (Å²) in [4.78, 5) is 0. The zero-order valence-electron chi connectivity index (χ0n) is 91.0. The van der Waals surface area contributed by atoms with Crippen molar-refractivity contribution >= 4 is 122 Å².